The van der Waals surface area contributed by atoms with Gasteiger partial charge in [-0.3, -0.25) is 12.2 Å². The average molecular weight is 419 g/mol. The molecule has 0 heterocycles. The summed E-state index contributed by atoms with van der Waals surface area (Å²) in [7, 11) is 0. The van der Waals surface area contributed by atoms with Crippen molar-refractivity contribution in [1.82, 2.24) is 0 Å². The van der Waals surface area contributed by atoms with Gasteiger partial charge < -0.3 is 24.8 Å². The first-order valence-electron chi connectivity index (χ1n) is 7.17. The maximum atomic E-state index is 3.03. The second-order valence-electron chi connectivity index (χ2n) is 6.79. The van der Waals surface area contributed by atoms with Crippen LogP contribution < -0.4 is 24.8 Å². The predicted octanol–water partition coefficient (Wildman–Crippen LogP) is -0.583. The van der Waals surface area contributed by atoms with Crippen LogP contribution >= 0.6 is 0 Å². The van der Waals surface area contributed by atoms with Crippen LogP contribution in [-0.4, -0.2) is 3.21 Å². The normalized spacial score (nSPS) is 18.5. The summed E-state index contributed by atoms with van der Waals surface area (Å²) in [5, 5.41) is 0. The van der Waals surface area contributed by atoms with Crippen LogP contribution in [0, 0.1) is 23.0 Å². The van der Waals surface area contributed by atoms with Gasteiger partial charge in [0.05, 0.1) is 0 Å². The second-order valence-corrected chi connectivity index (χ2v) is 9.25. The van der Waals surface area contributed by atoms with Crippen molar-refractivity contribution in [2.24, 2.45) is 10.8 Å². The first-order valence-corrected chi connectivity index (χ1v) is 8.40. The Morgan fingerprint density at radius 2 is 1.09 bits per heavy atom. The van der Waals surface area contributed by atoms with Crippen LogP contribution in [0.5, 0.6) is 0 Å². The van der Waals surface area contributed by atoms with E-state index in [0.29, 0.717) is 10.8 Å². The number of hydrogen-bond donors (Lipinski definition) is 0. The van der Waals surface area contributed by atoms with Gasteiger partial charge in [0.15, 0.2) is 0 Å². The van der Waals surface area contributed by atoms with Gasteiger partial charge in [-0.2, -0.15) is 12.2 Å². The predicted molar refractivity (Wildman–Crippen MR) is 87.1 cm³/mol. The van der Waals surface area contributed by atoms with Crippen molar-refractivity contribution in [3.05, 3.63) is 48.6 Å². The molecule has 0 radical (unpaired) electrons. The van der Waals surface area contributed by atoms with Gasteiger partial charge in [-0.05, 0) is 0 Å². The Bertz CT molecular complexity index is 375. The smallest absolute Gasteiger partial charge is 1.00 e. The maximum Gasteiger partial charge on any atom is -1.00 e. The van der Waals surface area contributed by atoms with Crippen LogP contribution in [0.25, 0.3) is 0 Å². The molecule has 2 aliphatic carbocycles. The molecule has 0 unspecified atom stereocenters. The van der Waals surface area contributed by atoms with Gasteiger partial charge in [-0.15, -0.1) is 0 Å². The van der Waals surface area contributed by atoms with E-state index in [9.17, 15) is 0 Å². The van der Waals surface area contributed by atoms with Gasteiger partial charge in [0.1, 0.15) is 0 Å². The molecule has 0 aromatic heterocycles. The van der Waals surface area contributed by atoms with E-state index >= 15 is 0 Å². The molecule has 3 heteroatoms. The Labute approximate surface area is 165 Å². The SMILES string of the molecule is CC1(C)C=C[C-]=CC1.CC1(C)C=C[C-]=CC1.C[C](C)=[Zr+2].[Cl-].[Cl-]. The minimum atomic E-state index is 0. The van der Waals surface area contributed by atoms with Crippen LogP contribution in [0.3, 0.4) is 0 Å². The fourth-order valence-corrected chi connectivity index (χ4v) is 1.46. The molecule has 0 aromatic rings. The Hall–Kier alpha value is 0.293. The third kappa shape index (κ3) is 18.3. The third-order valence-corrected chi connectivity index (χ3v) is 2.75. The van der Waals surface area contributed by atoms with Crippen molar-refractivity contribution >= 4 is 3.21 Å². The van der Waals surface area contributed by atoms with Crippen LogP contribution in [-0.2, 0) is 24.2 Å². The van der Waals surface area contributed by atoms with Gasteiger partial charge in [-0.25, -0.2) is 24.3 Å². The molecule has 0 nitrogen and oxygen atoms in total. The summed E-state index contributed by atoms with van der Waals surface area (Å²) in [6.07, 6.45) is 20.8. The average Bonchev–Trinajstić information content (AvgIpc) is 2.28. The molecule has 0 atom stereocenters. The zero-order chi connectivity index (χ0) is 15.6. The van der Waals surface area contributed by atoms with E-state index in [1.165, 1.54) is 3.21 Å². The molecule has 0 bridgehead atoms. The molecule has 0 amide bonds. The van der Waals surface area contributed by atoms with Crippen LogP contribution in [0.15, 0.2) is 36.5 Å². The first kappa shape index (κ1) is 27.2. The summed E-state index contributed by atoms with van der Waals surface area (Å²) in [5.74, 6) is 0. The van der Waals surface area contributed by atoms with E-state index < -0.39 is 0 Å². The van der Waals surface area contributed by atoms with Gasteiger partial charge in [0.2, 0.25) is 0 Å². The standard InChI is InChI=1S/2C8H11.C3H6.2ClH.Zr/c2*1-8(2)6-4-3-5-7-8;1-3-2;;;/h2*4-6H,7H2,1-2H3;1-2H3;2*1H;/q2*-1;;;;+2/p-2. The molecule has 124 valence electrons. The molecule has 0 saturated carbocycles. The molecule has 2 rings (SSSR count). The molecule has 0 fully saturated rings. The van der Waals surface area contributed by atoms with E-state index in [2.05, 4.69) is 78.0 Å². The molecule has 0 aromatic carbocycles. The zero-order valence-corrected chi connectivity index (χ0v) is 18.6. The first-order chi connectivity index (χ1) is 9.15. The Morgan fingerprint density at radius 3 is 1.18 bits per heavy atom. The Kier molecular flexibility index (Phi) is 16.9. The maximum absolute atomic E-state index is 3.03. The van der Waals surface area contributed by atoms with Crippen LogP contribution in [0.2, 0.25) is 0 Å². The van der Waals surface area contributed by atoms with Gasteiger partial charge >= 0.3 is 41.3 Å². The number of rotatable bonds is 0. The number of hydrogen-bond acceptors (Lipinski definition) is 0. The Morgan fingerprint density at radius 1 is 0.818 bits per heavy atom. The largest absolute Gasteiger partial charge is 1.00 e. The van der Waals surface area contributed by atoms with E-state index in [4.69, 9.17) is 0 Å². The zero-order valence-electron chi connectivity index (χ0n) is 14.6. The molecule has 0 aliphatic heterocycles. The molecule has 0 N–H and O–H groups in total. The fraction of sp³-hybridized carbons (Fsp3) is 0.526. The van der Waals surface area contributed by atoms with Crippen LogP contribution in [0.4, 0.5) is 0 Å². The van der Waals surface area contributed by atoms with Crippen molar-refractivity contribution in [1.29, 1.82) is 0 Å². The number of halogens is 2. The summed E-state index contributed by atoms with van der Waals surface area (Å²) in [5.41, 5.74) is 0.760. The van der Waals surface area contributed by atoms with Crippen LogP contribution in [0.1, 0.15) is 54.4 Å². The van der Waals surface area contributed by atoms with Gasteiger partial charge in [0.25, 0.3) is 0 Å². The summed E-state index contributed by atoms with van der Waals surface area (Å²) in [4.78, 5) is 0. The summed E-state index contributed by atoms with van der Waals surface area (Å²) >= 11 is 1.55. The van der Waals surface area contributed by atoms with Crippen molar-refractivity contribution in [3.63, 3.8) is 0 Å². The van der Waals surface area contributed by atoms with Crippen molar-refractivity contribution in [2.45, 2.75) is 54.4 Å². The van der Waals surface area contributed by atoms with E-state index in [1.54, 1.807) is 24.2 Å². The van der Waals surface area contributed by atoms with Crippen molar-refractivity contribution in [2.75, 3.05) is 0 Å². The fourth-order valence-electron chi connectivity index (χ4n) is 1.46. The quantitative estimate of drug-likeness (QED) is 0.462. The van der Waals surface area contributed by atoms with Gasteiger partial charge in [0, 0.05) is 0 Å². The summed E-state index contributed by atoms with van der Waals surface area (Å²) < 4.78 is 1.51. The molecule has 22 heavy (non-hydrogen) atoms. The molecule has 0 spiro atoms. The Balaban J connectivity index is -0.000000249. The summed E-state index contributed by atoms with van der Waals surface area (Å²) in [6.45, 7) is 13.1. The molecule has 2 aliphatic rings. The molecule has 0 saturated heterocycles. The van der Waals surface area contributed by atoms with E-state index in [0.717, 1.165) is 12.8 Å². The second kappa shape index (κ2) is 13.7. The molecular formula is C19H28Cl2Zr-2. The van der Waals surface area contributed by atoms with Crippen molar-refractivity contribution < 1.29 is 49.0 Å². The summed E-state index contributed by atoms with van der Waals surface area (Å²) in [6, 6.07) is 0. The minimum Gasteiger partial charge on any atom is -1.00 e. The van der Waals surface area contributed by atoms with E-state index in [1.807, 2.05) is 12.2 Å². The van der Waals surface area contributed by atoms with Crippen molar-refractivity contribution in [3.8, 4) is 0 Å². The molecular weight excluding hydrogens is 390 g/mol. The topological polar surface area (TPSA) is 0 Å². The third-order valence-electron chi connectivity index (χ3n) is 2.75. The van der Waals surface area contributed by atoms with E-state index in [-0.39, 0.29) is 24.8 Å². The number of allylic oxidation sites excluding steroid dienone is 8. The monoisotopic (exact) mass is 416 g/mol. The minimum absolute atomic E-state index is 0. The van der Waals surface area contributed by atoms with Gasteiger partial charge in [-0.1, -0.05) is 51.4 Å².